The Labute approximate surface area is 200 Å². The molecule has 0 spiro atoms. The number of nitro groups is 1. The fourth-order valence-corrected chi connectivity index (χ4v) is 3.83. The van der Waals surface area contributed by atoms with Gasteiger partial charge in [0.05, 0.1) is 11.0 Å². The molecule has 184 valence electrons. The van der Waals surface area contributed by atoms with Gasteiger partial charge in [-0.1, -0.05) is 28.9 Å². The maximum atomic E-state index is 12.0. The SMILES string of the molecule is Cc1cn([C@H]2CC(O)[C@@H](C(O)OC(=O)OCC(C)c3ccc(Br)cc3[N+](=O)[O-])O2)c(=O)[nH]c1=O. The molecule has 0 aliphatic carbocycles. The summed E-state index contributed by atoms with van der Waals surface area (Å²) in [7, 11) is 0. The van der Waals surface area contributed by atoms with E-state index in [4.69, 9.17) is 14.2 Å². The van der Waals surface area contributed by atoms with Crippen molar-refractivity contribution in [2.24, 2.45) is 0 Å². The standard InChI is InChI=1S/C20H22BrN3O10/c1-9-7-23(19(28)22-17(9)26)15-6-14(25)16(33-15)18(27)34-20(29)32-8-10(2)12-4-3-11(21)5-13(12)24(30)31/h3-5,7,10,14-16,18,25,27H,6,8H2,1-2H3,(H,22,26,28)/t10?,14?,15-,16+,18?/m1/s1. The van der Waals surface area contributed by atoms with E-state index in [9.17, 15) is 34.7 Å². The number of aliphatic hydroxyl groups excluding tert-OH is 2. The number of ether oxygens (including phenoxy) is 3. The molecular weight excluding hydrogens is 522 g/mol. The zero-order valence-corrected chi connectivity index (χ0v) is 19.6. The van der Waals surface area contributed by atoms with Gasteiger partial charge in [-0.15, -0.1) is 0 Å². The lowest BCUT2D eigenvalue weighted by molar-refractivity contribution is -0.385. The molecule has 5 atom stereocenters. The monoisotopic (exact) mass is 543 g/mol. The molecule has 3 N–H and O–H groups in total. The number of carbonyl (C=O) groups excluding carboxylic acids is 1. The highest BCUT2D eigenvalue weighted by atomic mass is 79.9. The highest BCUT2D eigenvalue weighted by Gasteiger charge is 2.42. The van der Waals surface area contributed by atoms with Gasteiger partial charge in [-0.05, 0) is 13.0 Å². The second-order valence-electron chi connectivity index (χ2n) is 7.77. The maximum absolute atomic E-state index is 12.0. The zero-order chi connectivity index (χ0) is 25.2. The highest BCUT2D eigenvalue weighted by Crippen LogP contribution is 2.31. The molecule has 14 heteroatoms. The average molecular weight is 544 g/mol. The molecule has 3 unspecified atom stereocenters. The minimum absolute atomic E-state index is 0.115. The van der Waals surface area contributed by atoms with E-state index < -0.39 is 53.0 Å². The first-order valence-corrected chi connectivity index (χ1v) is 10.9. The molecule has 1 aromatic carbocycles. The molecule has 1 aliphatic rings. The van der Waals surface area contributed by atoms with Gasteiger partial charge in [-0.2, -0.15) is 0 Å². The van der Waals surface area contributed by atoms with Crippen LogP contribution < -0.4 is 11.2 Å². The highest BCUT2D eigenvalue weighted by molar-refractivity contribution is 9.10. The van der Waals surface area contributed by atoms with Crippen LogP contribution in [0.3, 0.4) is 0 Å². The average Bonchev–Trinajstić information content (AvgIpc) is 3.15. The van der Waals surface area contributed by atoms with Crippen molar-refractivity contribution in [1.82, 2.24) is 9.55 Å². The Morgan fingerprint density at radius 3 is 2.82 bits per heavy atom. The molecule has 1 aliphatic heterocycles. The van der Waals surface area contributed by atoms with Crippen molar-refractivity contribution in [2.45, 2.75) is 50.9 Å². The van der Waals surface area contributed by atoms with Crippen LogP contribution in [0.2, 0.25) is 0 Å². The fourth-order valence-electron chi connectivity index (χ4n) is 3.48. The van der Waals surface area contributed by atoms with Crippen molar-refractivity contribution in [3.05, 3.63) is 70.9 Å². The van der Waals surface area contributed by atoms with Gasteiger partial charge in [0, 0.05) is 40.2 Å². The van der Waals surface area contributed by atoms with Gasteiger partial charge in [-0.25, -0.2) is 9.59 Å². The van der Waals surface area contributed by atoms with E-state index in [1.807, 2.05) is 0 Å². The van der Waals surface area contributed by atoms with Crippen LogP contribution in [-0.2, 0) is 14.2 Å². The van der Waals surface area contributed by atoms with Crippen molar-refractivity contribution in [1.29, 1.82) is 0 Å². The van der Waals surface area contributed by atoms with Crippen molar-refractivity contribution in [2.75, 3.05) is 6.61 Å². The first-order valence-electron chi connectivity index (χ1n) is 10.1. The Morgan fingerprint density at radius 2 is 2.15 bits per heavy atom. The summed E-state index contributed by atoms with van der Waals surface area (Å²) in [5.74, 6) is -0.564. The van der Waals surface area contributed by atoms with Gasteiger partial charge in [0.2, 0.25) is 6.29 Å². The van der Waals surface area contributed by atoms with Crippen molar-refractivity contribution >= 4 is 27.8 Å². The molecule has 2 heterocycles. The van der Waals surface area contributed by atoms with Crippen molar-refractivity contribution < 1.29 is 34.1 Å². The Morgan fingerprint density at radius 1 is 1.44 bits per heavy atom. The van der Waals surface area contributed by atoms with Crippen LogP contribution in [0.25, 0.3) is 0 Å². The molecule has 0 saturated carbocycles. The molecular formula is C20H22BrN3O10. The van der Waals surface area contributed by atoms with E-state index in [1.54, 1.807) is 13.0 Å². The number of nitro benzene ring substituents is 1. The molecule has 13 nitrogen and oxygen atoms in total. The predicted molar refractivity (Wildman–Crippen MR) is 118 cm³/mol. The third kappa shape index (κ3) is 5.70. The normalized spacial score (nSPS) is 21.6. The zero-order valence-electron chi connectivity index (χ0n) is 18.0. The molecule has 0 amide bonds. The molecule has 3 rings (SSSR count). The third-order valence-corrected chi connectivity index (χ3v) is 5.76. The second-order valence-corrected chi connectivity index (χ2v) is 8.68. The number of nitrogens with zero attached hydrogens (tertiary/aromatic N) is 2. The number of aromatic nitrogens is 2. The van der Waals surface area contributed by atoms with Crippen LogP contribution in [0.4, 0.5) is 10.5 Å². The van der Waals surface area contributed by atoms with E-state index in [1.165, 1.54) is 25.3 Å². The molecule has 1 saturated heterocycles. The van der Waals surface area contributed by atoms with E-state index in [-0.39, 0.29) is 24.3 Å². The van der Waals surface area contributed by atoms with Crippen LogP contribution in [0.5, 0.6) is 0 Å². The molecule has 1 aromatic heterocycles. The van der Waals surface area contributed by atoms with Gasteiger partial charge >= 0.3 is 11.8 Å². The Balaban J connectivity index is 1.59. The summed E-state index contributed by atoms with van der Waals surface area (Å²) in [4.78, 5) is 48.4. The third-order valence-electron chi connectivity index (χ3n) is 5.26. The van der Waals surface area contributed by atoms with Crippen LogP contribution in [-0.4, -0.2) is 55.9 Å². The second kappa shape index (κ2) is 10.5. The summed E-state index contributed by atoms with van der Waals surface area (Å²) >= 11 is 3.17. The van der Waals surface area contributed by atoms with E-state index >= 15 is 0 Å². The molecule has 0 bridgehead atoms. The number of H-pyrrole nitrogens is 1. The molecule has 0 radical (unpaired) electrons. The summed E-state index contributed by atoms with van der Waals surface area (Å²) in [6.07, 6.45) is -5.77. The topological polar surface area (TPSA) is 183 Å². The number of carbonyl (C=O) groups is 1. The lowest BCUT2D eigenvalue weighted by Gasteiger charge is -2.21. The van der Waals surface area contributed by atoms with E-state index in [0.29, 0.717) is 10.0 Å². The van der Waals surface area contributed by atoms with Gasteiger partial charge in [0.15, 0.2) is 0 Å². The van der Waals surface area contributed by atoms with Crippen molar-refractivity contribution in [3.63, 3.8) is 0 Å². The van der Waals surface area contributed by atoms with E-state index in [0.717, 1.165) is 4.57 Å². The molecule has 1 fully saturated rings. The van der Waals surface area contributed by atoms with Crippen LogP contribution in [0.1, 0.15) is 36.6 Å². The quantitative estimate of drug-likeness (QED) is 0.200. The van der Waals surface area contributed by atoms with Gasteiger partial charge in [-0.3, -0.25) is 24.5 Å². The predicted octanol–water partition coefficient (Wildman–Crippen LogP) is 1.44. The van der Waals surface area contributed by atoms with Gasteiger partial charge in [0.1, 0.15) is 18.9 Å². The number of hydrogen-bond donors (Lipinski definition) is 3. The van der Waals surface area contributed by atoms with Crippen LogP contribution in [0.15, 0.2) is 38.5 Å². The molecule has 2 aromatic rings. The number of benzene rings is 1. The van der Waals surface area contributed by atoms with Crippen molar-refractivity contribution in [3.8, 4) is 0 Å². The number of aromatic amines is 1. The Bertz CT molecular complexity index is 1200. The van der Waals surface area contributed by atoms with Crippen LogP contribution in [0, 0.1) is 17.0 Å². The molecule has 34 heavy (non-hydrogen) atoms. The summed E-state index contributed by atoms with van der Waals surface area (Å²) < 4.78 is 16.8. The lowest BCUT2D eigenvalue weighted by Crippen LogP contribution is -2.38. The number of halogens is 1. The number of aryl methyl sites for hydroxylation is 1. The first kappa shape index (κ1) is 25.6. The van der Waals surface area contributed by atoms with Crippen LogP contribution >= 0.6 is 15.9 Å². The summed E-state index contributed by atoms with van der Waals surface area (Å²) in [5, 5.41) is 31.7. The summed E-state index contributed by atoms with van der Waals surface area (Å²) in [6.45, 7) is 2.81. The summed E-state index contributed by atoms with van der Waals surface area (Å²) in [6, 6.07) is 4.48. The Hall–Kier alpha value is -3.07. The summed E-state index contributed by atoms with van der Waals surface area (Å²) in [5.41, 5.74) is -0.910. The van der Waals surface area contributed by atoms with Gasteiger partial charge < -0.3 is 24.4 Å². The largest absolute Gasteiger partial charge is 0.510 e. The number of hydrogen-bond acceptors (Lipinski definition) is 10. The Kier molecular flexibility index (Phi) is 7.86. The lowest BCUT2D eigenvalue weighted by atomic mass is 10.0. The number of rotatable bonds is 7. The van der Waals surface area contributed by atoms with Gasteiger partial charge in [0.25, 0.3) is 11.2 Å². The minimum atomic E-state index is -1.93. The minimum Gasteiger partial charge on any atom is -0.434 e. The maximum Gasteiger partial charge on any atom is 0.510 e. The first-order chi connectivity index (χ1) is 16.0. The fraction of sp³-hybridized carbons (Fsp3) is 0.450. The van der Waals surface area contributed by atoms with E-state index in [2.05, 4.69) is 20.9 Å². The number of aliphatic hydroxyl groups is 2. The smallest absolute Gasteiger partial charge is 0.434 e. The number of nitrogens with one attached hydrogen (secondary N) is 1.